The SMILES string of the molecule is Cc1cc(Cl)cc(C)c1Oc1cccc(Cl)c1CCl. The second-order valence-electron chi connectivity index (χ2n) is 4.32. The van der Waals surface area contributed by atoms with E-state index >= 15 is 0 Å². The van der Waals surface area contributed by atoms with Gasteiger partial charge in [0.05, 0.1) is 5.88 Å². The Balaban J connectivity index is 2.45. The van der Waals surface area contributed by atoms with Crippen LogP contribution in [0.5, 0.6) is 11.5 Å². The lowest BCUT2D eigenvalue weighted by Crippen LogP contribution is -1.95. The number of halogens is 3. The highest BCUT2D eigenvalue weighted by Gasteiger charge is 2.12. The zero-order valence-corrected chi connectivity index (χ0v) is 12.9. The van der Waals surface area contributed by atoms with Crippen molar-refractivity contribution in [1.82, 2.24) is 0 Å². The third kappa shape index (κ3) is 3.17. The molecule has 0 saturated carbocycles. The van der Waals surface area contributed by atoms with Crippen LogP contribution in [0.25, 0.3) is 0 Å². The fourth-order valence-electron chi connectivity index (χ4n) is 1.93. The first-order valence-corrected chi connectivity index (χ1v) is 7.10. The van der Waals surface area contributed by atoms with Gasteiger partial charge in [0.2, 0.25) is 0 Å². The predicted molar refractivity (Wildman–Crippen MR) is 82.0 cm³/mol. The molecule has 0 amide bonds. The number of hydrogen-bond acceptors (Lipinski definition) is 1. The van der Waals surface area contributed by atoms with Gasteiger partial charge in [-0.2, -0.15) is 0 Å². The summed E-state index contributed by atoms with van der Waals surface area (Å²) in [4.78, 5) is 0. The van der Waals surface area contributed by atoms with E-state index < -0.39 is 0 Å². The molecule has 2 rings (SSSR count). The molecule has 0 unspecified atom stereocenters. The molecule has 2 aromatic rings. The van der Waals surface area contributed by atoms with Gasteiger partial charge in [0.1, 0.15) is 11.5 Å². The average molecular weight is 316 g/mol. The van der Waals surface area contributed by atoms with Crippen LogP contribution in [-0.2, 0) is 5.88 Å². The molecule has 0 N–H and O–H groups in total. The highest BCUT2D eigenvalue weighted by molar-refractivity contribution is 6.32. The Morgan fingerprint density at radius 2 is 1.68 bits per heavy atom. The molecule has 0 atom stereocenters. The molecule has 100 valence electrons. The first-order valence-electron chi connectivity index (χ1n) is 5.81. The lowest BCUT2D eigenvalue weighted by atomic mass is 10.1. The molecule has 0 aromatic heterocycles. The number of alkyl halides is 1. The molecule has 0 aliphatic heterocycles. The first kappa shape index (κ1) is 14.5. The van der Waals surface area contributed by atoms with Crippen LogP contribution in [0.1, 0.15) is 16.7 Å². The van der Waals surface area contributed by atoms with Gasteiger partial charge < -0.3 is 4.74 Å². The van der Waals surface area contributed by atoms with Crippen molar-refractivity contribution in [3.05, 3.63) is 57.1 Å². The van der Waals surface area contributed by atoms with E-state index in [-0.39, 0.29) is 0 Å². The molecule has 0 bridgehead atoms. The summed E-state index contributed by atoms with van der Waals surface area (Å²) in [6.07, 6.45) is 0. The predicted octanol–water partition coefficient (Wildman–Crippen LogP) is 6.14. The smallest absolute Gasteiger partial charge is 0.133 e. The van der Waals surface area contributed by atoms with E-state index in [1.54, 1.807) is 6.07 Å². The van der Waals surface area contributed by atoms with Gasteiger partial charge in [-0.15, -0.1) is 11.6 Å². The molecule has 2 aromatic carbocycles. The van der Waals surface area contributed by atoms with Gasteiger partial charge in [-0.3, -0.25) is 0 Å². The van der Waals surface area contributed by atoms with Crippen LogP contribution >= 0.6 is 34.8 Å². The molecular formula is C15H13Cl3O. The summed E-state index contributed by atoms with van der Waals surface area (Å²) in [7, 11) is 0. The van der Waals surface area contributed by atoms with Crippen molar-refractivity contribution in [3.63, 3.8) is 0 Å². The van der Waals surface area contributed by atoms with Crippen LogP contribution < -0.4 is 4.74 Å². The Morgan fingerprint density at radius 3 is 2.26 bits per heavy atom. The minimum atomic E-state index is 0.306. The summed E-state index contributed by atoms with van der Waals surface area (Å²) < 4.78 is 5.97. The normalized spacial score (nSPS) is 10.6. The fraction of sp³-hybridized carbons (Fsp3) is 0.200. The zero-order chi connectivity index (χ0) is 14.0. The van der Waals surface area contributed by atoms with E-state index in [0.717, 1.165) is 22.4 Å². The molecule has 0 spiro atoms. The van der Waals surface area contributed by atoms with E-state index in [1.807, 2.05) is 38.1 Å². The maximum Gasteiger partial charge on any atom is 0.133 e. The van der Waals surface area contributed by atoms with Gasteiger partial charge in [0, 0.05) is 15.6 Å². The third-order valence-corrected chi connectivity index (χ3v) is 3.69. The van der Waals surface area contributed by atoms with E-state index in [0.29, 0.717) is 21.7 Å². The van der Waals surface area contributed by atoms with E-state index in [4.69, 9.17) is 39.5 Å². The average Bonchev–Trinajstić information content (AvgIpc) is 2.34. The lowest BCUT2D eigenvalue weighted by Gasteiger charge is -2.15. The highest BCUT2D eigenvalue weighted by atomic mass is 35.5. The van der Waals surface area contributed by atoms with Crippen molar-refractivity contribution < 1.29 is 4.74 Å². The quantitative estimate of drug-likeness (QED) is 0.618. The molecule has 0 heterocycles. The standard InChI is InChI=1S/C15H13Cl3O/c1-9-6-11(17)7-10(2)15(9)19-14-5-3-4-13(18)12(14)8-16/h3-7H,8H2,1-2H3. The van der Waals surface area contributed by atoms with E-state index in [2.05, 4.69) is 0 Å². The molecule has 1 nitrogen and oxygen atoms in total. The van der Waals surface area contributed by atoms with Gasteiger partial charge in [-0.05, 0) is 49.2 Å². The lowest BCUT2D eigenvalue weighted by molar-refractivity contribution is 0.471. The molecule has 0 fully saturated rings. The maximum atomic E-state index is 6.11. The van der Waals surface area contributed by atoms with Crippen molar-refractivity contribution >= 4 is 34.8 Å². The van der Waals surface area contributed by atoms with Crippen LogP contribution in [0.15, 0.2) is 30.3 Å². The summed E-state index contributed by atoms with van der Waals surface area (Å²) >= 11 is 18.0. The van der Waals surface area contributed by atoms with Crippen LogP contribution in [0.2, 0.25) is 10.0 Å². The van der Waals surface area contributed by atoms with Crippen molar-refractivity contribution in [2.75, 3.05) is 0 Å². The maximum absolute atomic E-state index is 6.11. The number of ether oxygens (including phenoxy) is 1. The van der Waals surface area contributed by atoms with Crippen molar-refractivity contribution in [3.8, 4) is 11.5 Å². The van der Waals surface area contributed by atoms with Gasteiger partial charge in [-0.25, -0.2) is 0 Å². The molecular weight excluding hydrogens is 303 g/mol. The molecule has 19 heavy (non-hydrogen) atoms. The minimum absolute atomic E-state index is 0.306. The number of hydrogen-bond donors (Lipinski definition) is 0. The third-order valence-electron chi connectivity index (χ3n) is 2.85. The van der Waals surface area contributed by atoms with Crippen molar-refractivity contribution in [2.45, 2.75) is 19.7 Å². The van der Waals surface area contributed by atoms with Crippen molar-refractivity contribution in [2.24, 2.45) is 0 Å². The van der Waals surface area contributed by atoms with Gasteiger partial charge >= 0.3 is 0 Å². The van der Waals surface area contributed by atoms with Gasteiger partial charge in [-0.1, -0.05) is 29.3 Å². The van der Waals surface area contributed by atoms with E-state index in [1.165, 1.54) is 0 Å². The van der Waals surface area contributed by atoms with Crippen LogP contribution in [-0.4, -0.2) is 0 Å². The van der Waals surface area contributed by atoms with Crippen molar-refractivity contribution in [1.29, 1.82) is 0 Å². The molecule has 0 saturated heterocycles. The first-order chi connectivity index (χ1) is 9.02. The molecule has 0 radical (unpaired) electrons. The second-order valence-corrected chi connectivity index (χ2v) is 5.43. The van der Waals surface area contributed by atoms with Crippen LogP contribution in [0.3, 0.4) is 0 Å². The summed E-state index contributed by atoms with van der Waals surface area (Å²) in [5, 5.41) is 1.31. The Morgan fingerprint density at radius 1 is 1.05 bits per heavy atom. The van der Waals surface area contributed by atoms with E-state index in [9.17, 15) is 0 Å². The Labute approximate surface area is 128 Å². The minimum Gasteiger partial charge on any atom is -0.456 e. The molecule has 0 aliphatic rings. The van der Waals surface area contributed by atoms with Gasteiger partial charge in [0.15, 0.2) is 0 Å². The molecule has 0 aliphatic carbocycles. The Kier molecular flexibility index (Phi) is 4.62. The number of benzene rings is 2. The van der Waals surface area contributed by atoms with Crippen LogP contribution in [0.4, 0.5) is 0 Å². The topological polar surface area (TPSA) is 9.23 Å². The summed E-state index contributed by atoms with van der Waals surface area (Å²) in [5.74, 6) is 1.77. The monoisotopic (exact) mass is 314 g/mol. The summed E-state index contributed by atoms with van der Waals surface area (Å²) in [6.45, 7) is 3.91. The number of rotatable bonds is 3. The largest absolute Gasteiger partial charge is 0.456 e. The summed E-state index contributed by atoms with van der Waals surface area (Å²) in [6, 6.07) is 9.24. The fourth-order valence-corrected chi connectivity index (χ4v) is 2.84. The Hall–Kier alpha value is -0.890. The highest BCUT2D eigenvalue weighted by Crippen LogP contribution is 2.35. The van der Waals surface area contributed by atoms with Gasteiger partial charge in [0.25, 0.3) is 0 Å². The molecule has 4 heteroatoms. The Bertz CT molecular complexity index is 585. The number of aryl methyl sites for hydroxylation is 2. The van der Waals surface area contributed by atoms with Crippen LogP contribution in [0, 0.1) is 13.8 Å². The zero-order valence-electron chi connectivity index (χ0n) is 10.6. The second kappa shape index (κ2) is 6.04. The summed E-state index contributed by atoms with van der Waals surface area (Å²) in [5.41, 5.74) is 2.75.